The first-order chi connectivity index (χ1) is 9.13. The van der Waals surface area contributed by atoms with Crippen LogP contribution in [0.15, 0.2) is 24.3 Å². The second-order valence-electron chi connectivity index (χ2n) is 5.41. The molecule has 3 nitrogen and oxygen atoms in total. The third-order valence-electron chi connectivity index (χ3n) is 3.24. The van der Waals surface area contributed by atoms with Gasteiger partial charge in [0.15, 0.2) is 0 Å². The molecular formula is C16H28N2O. The van der Waals surface area contributed by atoms with Gasteiger partial charge >= 0.3 is 0 Å². The molecule has 0 aliphatic rings. The number of aliphatic hydroxyl groups excluding tert-OH is 1. The van der Waals surface area contributed by atoms with E-state index in [-0.39, 0.29) is 0 Å². The van der Waals surface area contributed by atoms with Crippen LogP contribution in [0.1, 0.15) is 38.7 Å². The first-order valence-electron chi connectivity index (χ1n) is 7.28. The molecule has 0 spiro atoms. The Kier molecular flexibility index (Phi) is 7.53. The van der Waals surface area contributed by atoms with E-state index in [0.29, 0.717) is 12.6 Å². The fourth-order valence-corrected chi connectivity index (χ4v) is 1.96. The summed E-state index contributed by atoms with van der Waals surface area (Å²) < 4.78 is 0. The fraction of sp³-hybridized carbons (Fsp3) is 0.625. The first kappa shape index (κ1) is 16.0. The maximum atomic E-state index is 8.75. The van der Waals surface area contributed by atoms with E-state index in [1.165, 1.54) is 11.3 Å². The van der Waals surface area contributed by atoms with Gasteiger partial charge in [-0.3, -0.25) is 0 Å². The van der Waals surface area contributed by atoms with Crippen molar-refractivity contribution in [3.05, 3.63) is 29.8 Å². The Bertz CT molecular complexity index is 335. The molecular weight excluding hydrogens is 236 g/mol. The van der Waals surface area contributed by atoms with Gasteiger partial charge in [0, 0.05) is 38.5 Å². The molecule has 0 radical (unpaired) electrons. The van der Waals surface area contributed by atoms with Crippen molar-refractivity contribution in [2.75, 3.05) is 25.1 Å². The van der Waals surface area contributed by atoms with Crippen LogP contribution < -0.4 is 10.2 Å². The molecule has 108 valence electrons. The third kappa shape index (κ3) is 6.60. The van der Waals surface area contributed by atoms with Crippen LogP contribution in [0.2, 0.25) is 0 Å². The summed E-state index contributed by atoms with van der Waals surface area (Å²) in [6.45, 7) is 6.60. The zero-order valence-electron chi connectivity index (χ0n) is 12.5. The average Bonchev–Trinajstić information content (AvgIpc) is 2.41. The van der Waals surface area contributed by atoms with Crippen molar-refractivity contribution >= 4 is 5.69 Å². The van der Waals surface area contributed by atoms with E-state index in [1.807, 2.05) is 0 Å². The molecule has 0 aromatic heterocycles. The number of anilines is 1. The Morgan fingerprint density at radius 3 is 2.37 bits per heavy atom. The minimum atomic E-state index is 0.307. The van der Waals surface area contributed by atoms with Gasteiger partial charge in [-0.05, 0) is 37.0 Å². The van der Waals surface area contributed by atoms with Gasteiger partial charge in [-0.25, -0.2) is 0 Å². The highest BCUT2D eigenvalue weighted by Crippen LogP contribution is 2.14. The predicted molar refractivity (Wildman–Crippen MR) is 82.6 cm³/mol. The number of unbranched alkanes of at least 4 members (excludes halogenated alkanes) is 2. The smallest absolute Gasteiger partial charge is 0.0431 e. The largest absolute Gasteiger partial charge is 0.396 e. The number of benzene rings is 1. The van der Waals surface area contributed by atoms with Crippen LogP contribution in [0.3, 0.4) is 0 Å². The van der Waals surface area contributed by atoms with Crippen molar-refractivity contribution in [1.29, 1.82) is 0 Å². The third-order valence-corrected chi connectivity index (χ3v) is 3.24. The van der Waals surface area contributed by atoms with Crippen LogP contribution in [0.5, 0.6) is 0 Å². The molecule has 0 amide bonds. The summed E-state index contributed by atoms with van der Waals surface area (Å²) in [5, 5.41) is 12.2. The Morgan fingerprint density at radius 2 is 1.79 bits per heavy atom. The highest BCUT2D eigenvalue weighted by molar-refractivity contribution is 5.46. The summed E-state index contributed by atoms with van der Waals surface area (Å²) in [6.07, 6.45) is 3.14. The van der Waals surface area contributed by atoms with Crippen molar-refractivity contribution in [2.45, 2.75) is 45.7 Å². The molecule has 0 unspecified atom stereocenters. The summed E-state index contributed by atoms with van der Waals surface area (Å²) in [5.74, 6) is 0. The van der Waals surface area contributed by atoms with Crippen molar-refractivity contribution in [3.63, 3.8) is 0 Å². The summed E-state index contributed by atoms with van der Waals surface area (Å²) in [5.41, 5.74) is 2.59. The standard InChI is InChI=1S/C16H28N2O/c1-14(2)17-13-15-7-9-16(10-8-15)18(3)11-5-4-6-12-19/h7-10,14,17,19H,4-6,11-13H2,1-3H3. The number of aliphatic hydroxyl groups is 1. The molecule has 2 N–H and O–H groups in total. The molecule has 1 aromatic carbocycles. The van der Waals surface area contributed by atoms with Crippen LogP contribution in [-0.4, -0.2) is 31.3 Å². The van der Waals surface area contributed by atoms with E-state index in [0.717, 1.165) is 32.4 Å². The molecule has 0 saturated carbocycles. The lowest BCUT2D eigenvalue weighted by Crippen LogP contribution is -2.22. The molecule has 19 heavy (non-hydrogen) atoms. The highest BCUT2D eigenvalue weighted by atomic mass is 16.2. The highest BCUT2D eigenvalue weighted by Gasteiger charge is 2.01. The van der Waals surface area contributed by atoms with Crippen molar-refractivity contribution in [3.8, 4) is 0 Å². The van der Waals surface area contributed by atoms with Crippen LogP contribution in [0, 0.1) is 0 Å². The number of nitrogens with one attached hydrogen (secondary N) is 1. The molecule has 0 aliphatic heterocycles. The van der Waals surface area contributed by atoms with Crippen molar-refractivity contribution < 1.29 is 5.11 Å². The molecule has 1 rings (SSSR count). The lowest BCUT2D eigenvalue weighted by atomic mass is 10.1. The molecule has 0 heterocycles. The quantitative estimate of drug-likeness (QED) is 0.673. The number of hydrogen-bond donors (Lipinski definition) is 2. The van der Waals surface area contributed by atoms with Gasteiger partial charge < -0.3 is 15.3 Å². The minimum absolute atomic E-state index is 0.307. The van der Waals surface area contributed by atoms with Crippen LogP contribution in [0.25, 0.3) is 0 Å². The Hall–Kier alpha value is -1.06. The van der Waals surface area contributed by atoms with Gasteiger partial charge in [-0.1, -0.05) is 26.0 Å². The second kappa shape index (κ2) is 8.94. The fourth-order valence-electron chi connectivity index (χ4n) is 1.96. The average molecular weight is 264 g/mol. The van der Waals surface area contributed by atoms with Gasteiger partial charge in [-0.2, -0.15) is 0 Å². The van der Waals surface area contributed by atoms with Crippen LogP contribution in [-0.2, 0) is 6.54 Å². The Morgan fingerprint density at radius 1 is 1.11 bits per heavy atom. The summed E-state index contributed by atoms with van der Waals surface area (Å²) in [6, 6.07) is 9.27. The topological polar surface area (TPSA) is 35.5 Å². The van der Waals surface area contributed by atoms with E-state index < -0.39 is 0 Å². The van der Waals surface area contributed by atoms with E-state index >= 15 is 0 Å². The number of hydrogen-bond acceptors (Lipinski definition) is 3. The van der Waals surface area contributed by atoms with Gasteiger partial charge in [0.25, 0.3) is 0 Å². The van der Waals surface area contributed by atoms with Crippen LogP contribution >= 0.6 is 0 Å². The second-order valence-corrected chi connectivity index (χ2v) is 5.41. The number of rotatable bonds is 9. The number of nitrogens with zero attached hydrogens (tertiary/aromatic N) is 1. The Balaban J connectivity index is 2.37. The zero-order chi connectivity index (χ0) is 14.1. The maximum absolute atomic E-state index is 8.75. The minimum Gasteiger partial charge on any atom is -0.396 e. The van der Waals surface area contributed by atoms with E-state index in [2.05, 4.69) is 55.4 Å². The monoisotopic (exact) mass is 264 g/mol. The van der Waals surface area contributed by atoms with Crippen molar-refractivity contribution in [1.82, 2.24) is 5.32 Å². The Labute approximate surface area is 117 Å². The summed E-state index contributed by atoms with van der Waals surface area (Å²) in [4.78, 5) is 2.27. The molecule has 1 aromatic rings. The van der Waals surface area contributed by atoms with Crippen molar-refractivity contribution in [2.24, 2.45) is 0 Å². The zero-order valence-corrected chi connectivity index (χ0v) is 12.5. The lowest BCUT2D eigenvalue weighted by molar-refractivity contribution is 0.283. The molecule has 3 heteroatoms. The van der Waals surface area contributed by atoms with E-state index in [9.17, 15) is 0 Å². The first-order valence-corrected chi connectivity index (χ1v) is 7.28. The molecule has 0 fully saturated rings. The molecule has 0 aliphatic carbocycles. The molecule has 0 saturated heterocycles. The predicted octanol–water partition coefficient (Wildman–Crippen LogP) is 2.78. The van der Waals surface area contributed by atoms with Gasteiger partial charge in [0.2, 0.25) is 0 Å². The maximum Gasteiger partial charge on any atom is 0.0431 e. The molecule has 0 atom stereocenters. The summed E-state index contributed by atoms with van der Waals surface area (Å²) >= 11 is 0. The van der Waals surface area contributed by atoms with Gasteiger partial charge in [0.05, 0.1) is 0 Å². The normalized spacial score (nSPS) is 11.0. The lowest BCUT2D eigenvalue weighted by Gasteiger charge is -2.19. The van der Waals surface area contributed by atoms with Gasteiger partial charge in [0.1, 0.15) is 0 Å². The van der Waals surface area contributed by atoms with E-state index in [4.69, 9.17) is 5.11 Å². The summed E-state index contributed by atoms with van der Waals surface area (Å²) in [7, 11) is 2.13. The molecule has 0 bridgehead atoms. The van der Waals surface area contributed by atoms with Crippen LogP contribution in [0.4, 0.5) is 5.69 Å². The van der Waals surface area contributed by atoms with E-state index in [1.54, 1.807) is 0 Å². The SMILES string of the molecule is CC(C)NCc1ccc(N(C)CCCCCO)cc1. The van der Waals surface area contributed by atoms with Gasteiger partial charge in [-0.15, -0.1) is 0 Å².